The lowest BCUT2D eigenvalue weighted by molar-refractivity contribution is -0.140. The molecule has 1 atom stereocenters. The number of para-hydroxylation sites is 1. The molecule has 0 radical (unpaired) electrons. The average Bonchev–Trinajstić information content (AvgIpc) is 2.89. The Morgan fingerprint density at radius 2 is 1.43 bits per heavy atom. The van der Waals surface area contributed by atoms with Crippen molar-refractivity contribution in [2.45, 2.75) is 65.6 Å². The smallest absolute Gasteiger partial charge is 0.244 e. The largest absolute Gasteiger partial charge is 0.352 e. The van der Waals surface area contributed by atoms with Crippen LogP contribution in [0.4, 0.5) is 5.69 Å². The Labute approximate surface area is 239 Å². The van der Waals surface area contributed by atoms with E-state index in [4.69, 9.17) is 0 Å². The normalized spacial score (nSPS) is 12.3. The van der Waals surface area contributed by atoms with Gasteiger partial charge in [-0.15, -0.1) is 0 Å². The molecule has 0 spiro atoms. The van der Waals surface area contributed by atoms with Gasteiger partial charge in [0.2, 0.25) is 21.8 Å². The maximum atomic E-state index is 14.2. The number of anilines is 1. The van der Waals surface area contributed by atoms with E-state index in [9.17, 15) is 18.0 Å². The molecule has 0 fully saturated rings. The number of amides is 2. The molecule has 0 aliphatic carbocycles. The fraction of sp³-hybridized carbons (Fsp3) is 0.375. The fourth-order valence-corrected chi connectivity index (χ4v) is 5.49. The van der Waals surface area contributed by atoms with Crippen molar-refractivity contribution < 1.29 is 18.0 Å². The third kappa shape index (κ3) is 8.42. The van der Waals surface area contributed by atoms with Crippen molar-refractivity contribution in [1.29, 1.82) is 0 Å². The molecule has 0 aliphatic heterocycles. The Morgan fingerprint density at radius 1 is 0.825 bits per heavy atom. The molecule has 0 heterocycles. The molecule has 8 heteroatoms. The zero-order valence-electron chi connectivity index (χ0n) is 24.3. The number of rotatable bonds is 12. The van der Waals surface area contributed by atoms with Crippen LogP contribution in [0, 0.1) is 6.92 Å². The number of carbonyl (C=O) groups excluding carboxylic acids is 2. The molecule has 7 nitrogen and oxygen atoms in total. The van der Waals surface area contributed by atoms with Gasteiger partial charge < -0.3 is 10.2 Å². The monoisotopic (exact) mass is 563 g/mol. The Morgan fingerprint density at radius 3 is 2.00 bits per heavy atom. The standard InChI is InChI=1S/C32H41N3O4S/c1-23(2)28-14-10-11-15-29(28)35(40(6,38)39)22-31(36)34(21-27-18-16-25(5)17-19-27)30(32(37)33-24(3)4)20-26-12-8-7-9-13-26/h7-19,23-24,30H,20-22H2,1-6H3,(H,33,37)/t30-/m1/s1. The van der Waals surface area contributed by atoms with Crippen molar-refractivity contribution in [2.24, 2.45) is 0 Å². The molecule has 40 heavy (non-hydrogen) atoms. The summed E-state index contributed by atoms with van der Waals surface area (Å²) in [5.41, 5.74) is 4.12. The molecule has 3 aromatic carbocycles. The Kier molecular flexibility index (Phi) is 10.5. The molecule has 214 valence electrons. The summed E-state index contributed by atoms with van der Waals surface area (Å²) in [5, 5.41) is 2.97. The van der Waals surface area contributed by atoms with Crippen LogP contribution in [0.15, 0.2) is 78.9 Å². The van der Waals surface area contributed by atoms with Crippen LogP contribution in [0.25, 0.3) is 0 Å². The lowest BCUT2D eigenvalue weighted by Gasteiger charge is -2.34. The third-order valence-corrected chi connectivity index (χ3v) is 7.81. The van der Waals surface area contributed by atoms with Crippen LogP contribution in [-0.4, -0.2) is 50.0 Å². The van der Waals surface area contributed by atoms with Crippen LogP contribution in [0.2, 0.25) is 0 Å². The Balaban J connectivity index is 2.09. The molecule has 0 aliphatic rings. The summed E-state index contributed by atoms with van der Waals surface area (Å²) >= 11 is 0. The van der Waals surface area contributed by atoms with Crippen LogP contribution in [-0.2, 0) is 32.6 Å². The number of nitrogens with one attached hydrogen (secondary N) is 1. The minimum absolute atomic E-state index is 0.0434. The van der Waals surface area contributed by atoms with Crippen molar-refractivity contribution in [1.82, 2.24) is 10.2 Å². The predicted molar refractivity (Wildman–Crippen MR) is 162 cm³/mol. The first kappa shape index (κ1) is 30.9. The summed E-state index contributed by atoms with van der Waals surface area (Å²) < 4.78 is 27.3. The molecule has 0 unspecified atom stereocenters. The van der Waals surface area contributed by atoms with Gasteiger partial charge in [-0.25, -0.2) is 8.42 Å². The summed E-state index contributed by atoms with van der Waals surface area (Å²) in [6.45, 7) is 9.43. The van der Waals surface area contributed by atoms with Crippen molar-refractivity contribution in [3.8, 4) is 0 Å². The van der Waals surface area contributed by atoms with E-state index in [1.807, 2.05) is 101 Å². The molecule has 2 amide bonds. The maximum absolute atomic E-state index is 14.2. The van der Waals surface area contributed by atoms with E-state index in [0.717, 1.165) is 32.8 Å². The summed E-state index contributed by atoms with van der Waals surface area (Å²) in [5.74, 6) is -0.695. The van der Waals surface area contributed by atoms with Gasteiger partial charge in [0.1, 0.15) is 12.6 Å². The van der Waals surface area contributed by atoms with E-state index in [1.165, 1.54) is 4.90 Å². The average molecular weight is 564 g/mol. The quantitative estimate of drug-likeness (QED) is 0.334. The van der Waals surface area contributed by atoms with Gasteiger partial charge in [0.05, 0.1) is 11.9 Å². The van der Waals surface area contributed by atoms with Crippen LogP contribution >= 0.6 is 0 Å². The highest BCUT2D eigenvalue weighted by atomic mass is 32.2. The van der Waals surface area contributed by atoms with Gasteiger partial charge in [-0.2, -0.15) is 0 Å². The van der Waals surface area contributed by atoms with Gasteiger partial charge in [-0.3, -0.25) is 13.9 Å². The Bertz CT molecular complexity index is 1390. The third-order valence-electron chi connectivity index (χ3n) is 6.68. The van der Waals surface area contributed by atoms with Crippen molar-refractivity contribution >= 4 is 27.5 Å². The zero-order valence-corrected chi connectivity index (χ0v) is 25.1. The topological polar surface area (TPSA) is 86.8 Å². The second-order valence-corrected chi connectivity index (χ2v) is 12.8. The SMILES string of the molecule is Cc1ccc(CN(C(=O)CN(c2ccccc2C(C)C)S(C)(=O)=O)[C@H](Cc2ccccc2)C(=O)NC(C)C)cc1. The summed E-state index contributed by atoms with van der Waals surface area (Å²) in [6.07, 6.45) is 1.40. The summed E-state index contributed by atoms with van der Waals surface area (Å²) in [4.78, 5) is 29.3. The molecular weight excluding hydrogens is 522 g/mol. The highest BCUT2D eigenvalue weighted by molar-refractivity contribution is 7.92. The zero-order chi connectivity index (χ0) is 29.4. The summed E-state index contributed by atoms with van der Waals surface area (Å²) in [6, 6.07) is 23.6. The van der Waals surface area contributed by atoms with E-state index in [0.29, 0.717) is 12.1 Å². The van der Waals surface area contributed by atoms with Crippen LogP contribution in [0.5, 0.6) is 0 Å². The molecule has 3 aromatic rings. The number of hydrogen-bond donors (Lipinski definition) is 1. The molecule has 0 saturated heterocycles. The van der Waals surface area contributed by atoms with Crippen LogP contribution in [0.3, 0.4) is 0 Å². The molecule has 0 aromatic heterocycles. The summed E-state index contributed by atoms with van der Waals surface area (Å²) in [7, 11) is -3.82. The maximum Gasteiger partial charge on any atom is 0.244 e. The second kappa shape index (κ2) is 13.6. The lowest BCUT2D eigenvalue weighted by atomic mass is 10.0. The Hall–Kier alpha value is -3.65. The van der Waals surface area contributed by atoms with E-state index >= 15 is 0 Å². The first-order valence-electron chi connectivity index (χ1n) is 13.6. The van der Waals surface area contributed by atoms with Gasteiger partial charge in [0.15, 0.2) is 0 Å². The minimum Gasteiger partial charge on any atom is -0.352 e. The number of benzene rings is 3. The minimum atomic E-state index is -3.82. The van der Waals surface area contributed by atoms with Crippen molar-refractivity contribution in [3.63, 3.8) is 0 Å². The molecule has 1 N–H and O–H groups in total. The molecule has 0 saturated carbocycles. The number of carbonyl (C=O) groups is 2. The number of nitrogens with zero attached hydrogens (tertiary/aromatic N) is 2. The fourth-order valence-electron chi connectivity index (χ4n) is 4.62. The highest BCUT2D eigenvalue weighted by Crippen LogP contribution is 2.29. The van der Waals surface area contributed by atoms with Gasteiger partial charge in [-0.1, -0.05) is 92.2 Å². The predicted octanol–water partition coefficient (Wildman–Crippen LogP) is 5.05. The van der Waals surface area contributed by atoms with Gasteiger partial charge in [0, 0.05) is 19.0 Å². The van der Waals surface area contributed by atoms with Gasteiger partial charge in [-0.05, 0) is 49.4 Å². The molecular formula is C32H41N3O4S. The first-order chi connectivity index (χ1) is 18.9. The van der Waals surface area contributed by atoms with Crippen molar-refractivity contribution in [3.05, 3.63) is 101 Å². The number of sulfonamides is 1. The first-order valence-corrected chi connectivity index (χ1v) is 15.5. The highest BCUT2D eigenvalue weighted by Gasteiger charge is 2.33. The van der Waals surface area contributed by atoms with E-state index in [1.54, 1.807) is 12.1 Å². The second-order valence-electron chi connectivity index (χ2n) is 10.9. The van der Waals surface area contributed by atoms with Crippen molar-refractivity contribution in [2.75, 3.05) is 17.1 Å². The number of hydrogen-bond acceptors (Lipinski definition) is 4. The molecule has 0 bridgehead atoms. The molecule has 3 rings (SSSR count). The van der Waals surface area contributed by atoms with Crippen LogP contribution in [0.1, 0.15) is 55.9 Å². The van der Waals surface area contributed by atoms with E-state index in [2.05, 4.69) is 5.32 Å². The number of aryl methyl sites for hydroxylation is 1. The van der Waals surface area contributed by atoms with Gasteiger partial charge in [0.25, 0.3) is 0 Å². The van der Waals surface area contributed by atoms with E-state index < -0.39 is 28.5 Å². The van der Waals surface area contributed by atoms with E-state index in [-0.39, 0.29) is 24.4 Å². The van der Waals surface area contributed by atoms with Gasteiger partial charge >= 0.3 is 0 Å². The van der Waals surface area contributed by atoms with Crippen LogP contribution < -0.4 is 9.62 Å². The lowest BCUT2D eigenvalue weighted by Crippen LogP contribution is -2.54.